The Bertz CT molecular complexity index is 762. The fourth-order valence-corrected chi connectivity index (χ4v) is 4.92. The molecule has 6 nitrogen and oxygen atoms in total. The zero-order chi connectivity index (χ0) is 16.5. The van der Waals surface area contributed by atoms with Crippen molar-refractivity contribution in [1.82, 2.24) is 9.03 Å². The third-order valence-electron chi connectivity index (χ3n) is 3.61. The lowest BCUT2D eigenvalue weighted by atomic mass is 10.1. The van der Waals surface area contributed by atoms with Gasteiger partial charge in [-0.1, -0.05) is 6.07 Å². The summed E-state index contributed by atoms with van der Waals surface area (Å²) in [5.74, 6) is -0.632. The summed E-state index contributed by atoms with van der Waals surface area (Å²) in [5.41, 5.74) is 0.435. The van der Waals surface area contributed by atoms with Crippen LogP contribution in [0.2, 0.25) is 0 Å². The maximum absolute atomic E-state index is 13.3. The highest BCUT2D eigenvalue weighted by molar-refractivity contribution is 7.89. The third kappa shape index (κ3) is 4.03. The second-order valence-corrected chi connectivity index (χ2v) is 9.16. The molecule has 1 aliphatic rings. The minimum Gasteiger partial charge on any atom is -0.213 e. The van der Waals surface area contributed by atoms with Crippen molar-refractivity contribution in [2.24, 2.45) is 0 Å². The Morgan fingerprint density at radius 2 is 1.95 bits per heavy atom. The highest BCUT2D eigenvalue weighted by atomic mass is 32.2. The fraction of sp³-hybridized carbons (Fsp3) is 0.538. The van der Waals surface area contributed by atoms with E-state index in [-0.39, 0.29) is 11.4 Å². The Morgan fingerprint density at radius 1 is 1.27 bits per heavy atom. The fourth-order valence-electron chi connectivity index (χ4n) is 2.49. The average molecular weight is 350 g/mol. The molecule has 2 rings (SSSR count). The lowest BCUT2D eigenvalue weighted by Crippen LogP contribution is -2.49. The van der Waals surface area contributed by atoms with Gasteiger partial charge in [0.25, 0.3) is 0 Å². The number of aryl methyl sites for hydroxylation is 1. The van der Waals surface area contributed by atoms with Crippen LogP contribution in [0.1, 0.15) is 18.4 Å². The van der Waals surface area contributed by atoms with Crippen LogP contribution in [0.4, 0.5) is 4.39 Å². The summed E-state index contributed by atoms with van der Waals surface area (Å²) in [6.45, 7) is 2.06. The van der Waals surface area contributed by atoms with Gasteiger partial charge in [0.15, 0.2) is 0 Å². The summed E-state index contributed by atoms with van der Waals surface area (Å²) >= 11 is 0. The monoisotopic (exact) mass is 350 g/mol. The molecule has 0 saturated carbocycles. The van der Waals surface area contributed by atoms with Crippen LogP contribution in [0.5, 0.6) is 0 Å². The average Bonchev–Trinajstić information content (AvgIpc) is 2.40. The van der Waals surface area contributed by atoms with Crippen molar-refractivity contribution >= 4 is 20.0 Å². The Balaban J connectivity index is 2.20. The Kier molecular flexibility index (Phi) is 4.90. The molecule has 1 saturated heterocycles. The first kappa shape index (κ1) is 17.3. The molecule has 1 atom stereocenters. The second-order valence-electron chi connectivity index (χ2n) is 5.49. The normalized spacial score (nSPS) is 21.0. The maximum atomic E-state index is 13.3. The number of nitrogens with zero attached hydrogens (tertiary/aromatic N) is 1. The molecule has 1 heterocycles. The van der Waals surface area contributed by atoms with E-state index >= 15 is 0 Å². The van der Waals surface area contributed by atoms with Gasteiger partial charge in [0, 0.05) is 19.1 Å². The van der Waals surface area contributed by atoms with Gasteiger partial charge < -0.3 is 0 Å². The Hall–Kier alpha value is -1.03. The van der Waals surface area contributed by atoms with Crippen LogP contribution >= 0.6 is 0 Å². The Morgan fingerprint density at radius 3 is 2.59 bits per heavy atom. The van der Waals surface area contributed by atoms with Gasteiger partial charge in [0.1, 0.15) is 5.82 Å². The summed E-state index contributed by atoms with van der Waals surface area (Å²) in [6.07, 6.45) is 2.21. The predicted molar refractivity (Wildman–Crippen MR) is 80.9 cm³/mol. The number of hydrogen-bond donors (Lipinski definition) is 1. The van der Waals surface area contributed by atoms with Gasteiger partial charge in [0.05, 0.1) is 11.2 Å². The summed E-state index contributed by atoms with van der Waals surface area (Å²) in [7, 11) is -7.25. The van der Waals surface area contributed by atoms with Crippen molar-refractivity contribution in [3.8, 4) is 0 Å². The van der Waals surface area contributed by atoms with Crippen molar-refractivity contribution < 1.29 is 21.2 Å². The molecule has 1 aliphatic heterocycles. The minimum absolute atomic E-state index is 0.0897. The zero-order valence-electron chi connectivity index (χ0n) is 12.4. The molecule has 9 heteroatoms. The number of rotatable bonds is 4. The first-order valence-corrected chi connectivity index (χ1v) is 10.2. The molecule has 22 heavy (non-hydrogen) atoms. The van der Waals surface area contributed by atoms with E-state index in [2.05, 4.69) is 4.72 Å². The molecular weight excluding hydrogens is 331 g/mol. The van der Waals surface area contributed by atoms with Crippen LogP contribution in [-0.2, 0) is 20.0 Å². The Labute approximate surface area is 130 Å². The van der Waals surface area contributed by atoms with Gasteiger partial charge in [-0.15, -0.1) is 0 Å². The van der Waals surface area contributed by atoms with E-state index in [0.717, 1.165) is 12.3 Å². The maximum Gasteiger partial charge on any atom is 0.241 e. The van der Waals surface area contributed by atoms with Crippen LogP contribution in [0.15, 0.2) is 23.1 Å². The standard InChI is InChI=1S/C13H19FN2O4S2/c1-10-5-6-11(14)8-13(10)22(19,20)15-12-4-3-7-16(9-12)21(2,17)18/h5-6,8,12,15H,3-4,7,9H2,1-2H3. The van der Waals surface area contributed by atoms with Crippen LogP contribution in [-0.4, -0.2) is 46.5 Å². The number of benzene rings is 1. The smallest absolute Gasteiger partial charge is 0.213 e. The highest BCUT2D eigenvalue weighted by Gasteiger charge is 2.29. The van der Waals surface area contributed by atoms with Crippen molar-refractivity contribution in [2.75, 3.05) is 19.3 Å². The molecule has 124 valence electrons. The molecule has 1 unspecified atom stereocenters. The summed E-state index contributed by atoms with van der Waals surface area (Å²) in [4.78, 5) is -0.121. The second kappa shape index (κ2) is 6.23. The number of sulfonamides is 2. The van der Waals surface area contributed by atoms with E-state index in [9.17, 15) is 21.2 Å². The van der Waals surface area contributed by atoms with Gasteiger partial charge in [-0.2, -0.15) is 0 Å². The number of hydrogen-bond acceptors (Lipinski definition) is 4. The van der Waals surface area contributed by atoms with E-state index < -0.39 is 31.9 Å². The van der Waals surface area contributed by atoms with Crippen LogP contribution in [0.25, 0.3) is 0 Å². The number of nitrogens with one attached hydrogen (secondary N) is 1. The van der Waals surface area contributed by atoms with Crippen LogP contribution < -0.4 is 4.72 Å². The van der Waals surface area contributed by atoms with Crippen molar-refractivity contribution in [1.29, 1.82) is 0 Å². The lowest BCUT2D eigenvalue weighted by molar-refractivity contribution is 0.305. The molecule has 0 spiro atoms. The molecule has 0 aliphatic carbocycles. The topological polar surface area (TPSA) is 83.6 Å². The van der Waals surface area contributed by atoms with E-state index in [1.807, 2.05) is 0 Å². The van der Waals surface area contributed by atoms with E-state index in [1.54, 1.807) is 6.92 Å². The van der Waals surface area contributed by atoms with Crippen molar-refractivity contribution in [3.05, 3.63) is 29.6 Å². The summed E-state index contributed by atoms with van der Waals surface area (Å²) in [6, 6.07) is 3.04. The summed E-state index contributed by atoms with van der Waals surface area (Å²) < 4.78 is 64.9. The largest absolute Gasteiger partial charge is 0.241 e. The molecule has 0 radical (unpaired) electrons. The number of halogens is 1. The van der Waals surface area contributed by atoms with Gasteiger partial charge in [0.2, 0.25) is 20.0 Å². The van der Waals surface area contributed by atoms with E-state index in [4.69, 9.17) is 0 Å². The van der Waals surface area contributed by atoms with Gasteiger partial charge in [-0.25, -0.2) is 30.3 Å². The van der Waals surface area contributed by atoms with Crippen molar-refractivity contribution in [2.45, 2.75) is 30.7 Å². The van der Waals surface area contributed by atoms with Gasteiger partial charge in [-0.05, 0) is 37.5 Å². The quantitative estimate of drug-likeness (QED) is 0.872. The van der Waals surface area contributed by atoms with Crippen LogP contribution in [0.3, 0.4) is 0 Å². The van der Waals surface area contributed by atoms with Gasteiger partial charge >= 0.3 is 0 Å². The predicted octanol–water partition coefficient (Wildman–Crippen LogP) is 0.836. The van der Waals surface area contributed by atoms with Gasteiger partial charge in [-0.3, -0.25) is 0 Å². The molecule has 1 fully saturated rings. The summed E-state index contributed by atoms with van der Waals surface area (Å²) in [5, 5.41) is 0. The molecule has 0 amide bonds. The third-order valence-corrected chi connectivity index (χ3v) is 6.55. The molecular formula is C13H19FN2O4S2. The van der Waals surface area contributed by atoms with Crippen LogP contribution in [0, 0.1) is 12.7 Å². The molecule has 1 aromatic carbocycles. The minimum atomic E-state index is -3.89. The first-order valence-electron chi connectivity index (χ1n) is 6.83. The molecule has 1 aromatic rings. The van der Waals surface area contributed by atoms with Crippen molar-refractivity contribution in [3.63, 3.8) is 0 Å². The van der Waals surface area contributed by atoms with E-state index in [1.165, 1.54) is 16.4 Å². The molecule has 0 bridgehead atoms. The molecule has 0 aromatic heterocycles. The highest BCUT2D eigenvalue weighted by Crippen LogP contribution is 2.19. The lowest BCUT2D eigenvalue weighted by Gasteiger charge is -2.31. The number of piperidine rings is 1. The first-order chi connectivity index (χ1) is 10.1. The molecule has 1 N–H and O–H groups in total. The zero-order valence-corrected chi connectivity index (χ0v) is 14.0. The van der Waals surface area contributed by atoms with E-state index in [0.29, 0.717) is 24.9 Å². The SMILES string of the molecule is Cc1ccc(F)cc1S(=O)(=O)NC1CCCN(S(C)(=O)=O)C1.